The van der Waals surface area contributed by atoms with Gasteiger partial charge in [0.1, 0.15) is 0 Å². The highest BCUT2D eigenvalue weighted by Gasteiger charge is 2.31. The summed E-state index contributed by atoms with van der Waals surface area (Å²) in [5.74, 6) is -1.56. The van der Waals surface area contributed by atoms with E-state index in [0.717, 1.165) is 12.1 Å². The number of rotatable bonds is 4. The Kier molecular flexibility index (Phi) is 4.95. The minimum atomic E-state index is -0.910. The van der Waals surface area contributed by atoms with E-state index in [0.29, 0.717) is 10.6 Å². The third-order valence-corrected chi connectivity index (χ3v) is 4.08. The minimum absolute atomic E-state index is 0.135. The summed E-state index contributed by atoms with van der Waals surface area (Å²) >= 11 is 1.25. The lowest BCUT2D eigenvalue weighted by atomic mass is 10.3. The largest absolute Gasteiger partial charge is 0.388 e. The number of aliphatic hydroxyl groups excluding tert-OH is 2. The lowest BCUT2D eigenvalue weighted by Crippen LogP contribution is -2.29. The van der Waals surface area contributed by atoms with Crippen molar-refractivity contribution in [1.82, 2.24) is 4.90 Å². The highest BCUT2D eigenvalue weighted by Crippen LogP contribution is 2.22. The van der Waals surface area contributed by atoms with Gasteiger partial charge in [0.2, 0.25) is 5.91 Å². The summed E-state index contributed by atoms with van der Waals surface area (Å²) in [6.07, 6.45) is -1.57. The number of thioether (sulfide) groups is 1. The molecule has 2 N–H and O–H groups in total. The number of benzene rings is 1. The van der Waals surface area contributed by atoms with E-state index in [9.17, 15) is 23.8 Å². The molecule has 1 heterocycles. The maximum atomic E-state index is 13.0. The average molecular weight is 303 g/mol. The molecule has 0 saturated carbocycles. The Morgan fingerprint density at radius 3 is 2.50 bits per heavy atom. The summed E-state index contributed by atoms with van der Waals surface area (Å²) in [6, 6.07) is 3.59. The van der Waals surface area contributed by atoms with Crippen LogP contribution in [0.2, 0.25) is 0 Å². The van der Waals surface area contributed by atoms with Gasteiger partial charge in [0.25, 0.3) is 0 Å². The molecular weight excluding hydrogens is 288 g/mol. The number of nitrogens with zero attached hydrogens (tertiary/aromatic N) is 1. The van der Waals surface area contributed by atoms with E-state index in [2.05, 4.69) is 0 Å². The summed E-state index contributed by atoms with van der Waals surface area (Å²) in [7, 11) is 0. The van der Waals surface area contributed by atoms with Crippen LogP contribution in [-0.2, 0) is 4.79 Å². The maximum Gasteiger partial charge on any atom is 0.223 e. The van der Waals surface area contributed by atoms with Crippen molar-refractivity contribution in [2.75, 3.05) is 18.8 Å². The number of carbonyl (C=O) groups is 1. The van der Waals surface area contributed by atoms with E-state index < -0.39 is 23.8 Å². The third-order valence-electron chi connectivity index (χ3n) is 3.09. The van der Waals surface area contributed by atoms with Gasteiger partial charge in [0, 0.05) is 30.2 Å². The number of aliphatic hydroxyl groups is 2. The lowest BCUT2D eigenvalue weighted by molar-refractivity contribution is -0.130. The standard InChI is InChI=1S/C13H15F2NO3S/c14-9-2-1-8(5-10(9)15)20-4-3-13(19)16-6-11(17)12(18)7-16/h1-2,5,11-12,17-18H,3-4,6-7H2/t11-,12+. The predicted octanol–water partition coefficient (Wildman–Crippen LogP) is 1.01. The van der Waals surface area contributed by atoms with Gasteiger partial charge in [-0.1, -0.05) is 0 Å². The molecule has 0 spiro atoms. The number of halogens is 2. The fourth-order valence-electron chi connectivity index (χ4n) is 1.95. The van der Waals surface area contributed by atoms with E-state index in [1.54, 1.807) is 0 Å². The van der Waals surface area contributed by atoms with Gasteiger partial charge < -0.3 is 15.1 Å². The Bertz CT molecular complexity index is 491. The second kappa shape index (κ2) is 6.51. The first kappa shape index (κ1) is 15.2. The van der Waals surface area contributed by atoms with Gasteiger partial charge in [0.15, 0.2) is 11.6 Å². The second-order valence-electron chi connectivity index (χ2n) is 4.61. The molecule has 1 aromatic rings. The molecule has 1 aliphatic rings. The van der Waals surface area contributed by atoms with Gasteiger partial charge in [-0.15, -0.1) is 11.8 Å². The molecule has 110 valence electrons. The van der Waals surface area contributed by atoms with Crippen molar-refractivity contribution in [3.8, 4) is 0 Å². The molecule has 0 radical (unpaired) electrons. The zero-order chi connectivity index (χ0) is 14.7. The number of β-amino-alcohol motifs (C(OH)–C–C–N with tert-alkyl or cyclic N) is 2. The van der Waals surface area contributed by atoms with Crippen molar-refractivity contribution in [2.24, 2.45) is 0 Å². The summed E-state index contributed by atoms with van der Waals surface area (Å²) in [6.45, 7) is 0.270. The number of likely N-dealkylation sites (tertiary alicyclic amines) is 1. The fraction of sp³-hybridized carbons (Fsp3) is 0.462. The number of hydrogen-bond donors (Lipinski definition) is 2. The summed E-state index contributed by atoms with van der Waals surface area (Å²) in [5.41, 5.74) is 0. The smallest absolute Gasteiger partial charge is 0.223 e. The zero-order valence-electron chi connectivity index (χ0n) is 10.6. The molecular formula is C13H15F2NO3S. The molecule has 20 heavy (non-hydrogen) atoms. The van der Waals surface area contributed by atoms with Crippen molar-refractivity contribution in [3.63, 3.8) is 0 Å². The van der Waals surface area contributed by atoms with Crippen LogP contribution >= 0.6 is 11.8 Å². The van der Waals surface area contributed by atoms with Crippen molar-refractivity contribution < 1.29 is 23.8 Å². The van der Waals surface area contributed by atoms with Crippen molar-refractivity contribution in [1.29, 1.82) is 0 Å². The molecule has 1 aliphatic heterocycles. The Balaban J connectivity index is 1.78. The van der Waals surface area contributed by atoms with E-state index >= 15 is 0 Å². The Morgan fingerprint density at radius 2 is 1.90 bits per heavy atom. The molecule has 0 aliphatic carbocycles. The first-order valence-corrected chi connectivity index (χ1v) is 7.17. The van der Waals surface area contributed by atoms with Crippen molar-refractivity contribution in [2.45, 2.75) is 23.5 Å². The van der Waals surface area contributed by atoms with E-state index in [1.165, 1.54) is 22.7 Å². The number of hydrogen-bond acceptors (Lipinski definition) is 4. The van der Waals surface area contributed by atoms with Crippen LogP contribution in [0.5, 0.6) is 0 Å². The topological polar surface area (TPSA) is 60.8 Å². The second-order valence-corrected chi connectivity index (χ2v) is 5.78. The van der Waals surface area contributed by atoms with Crippen LogP contribution in [0.4, 0.5) is 8.78 Å². The number of amides is 1. The highest BCUT2D eigenvalue weighted by atomic mass is 32.2. The number of carbonyl (C=O) groups excluding carboxylic acids is 1. The summed E-state index contributed by atoms with van der Waals surface area (Å²) in [4.78, 5) is 13.8. The molecule has 7 heteroatoms. The van der Waals surface area contributed by atoms with E-state index in [-0.39, 0.29) is 25.4 Å². The predicted molar refractivity (Wildman–Crippen MR) is 70.3 cm³/mol. The minimum Gasteiger partial charge on any atom is -0.388 e. The van der Waals surface area contributed by atoms with Crippen LogP contribution in [0, 0.1) is 11.6 Å². The monoisotopic (exact) mass is 303 g/mol. The molecule has 1 fully saturated rings. The first-order valence-electron chi connectivity index (χ1n) is 6.19. The normalized spacial score (nSPS) is 22.3. The molecule has 0 unspecified atom stereocenters. The van der Waals surface area contributed by atoms with Gasteiger partial charge >= 0.3 is 0 Å². The quantitative estimate of drug-likeness (QED) is 0.815. The van der Waals surface area contributed by atoms with Gasteiger partial charge in [-0.3, -0.25) is 4.79 Å². The van der Waals surface area contributed by atoms with E-state index in [1.807, 2.05) is 0 Å². The highest BCUT2D eigenvalue weighted by molar-refractivity contribution is 7.99. The fourth-order valence-corrected chi connectivity index (χ4v) is 2.82. The lowest BCUT2D eigenvalue weighted by Gasteiger charge is -2.14. The molecule has 0 aromatic heterocycles. The Hall–Kier alpha value is -1.18. The van der Waals surface area contributed by atoms with Crippen LogP contribution in [0.15, 0.2) is 23.1 Å². The molecule has 4 nitrogen and oxygen atoms in total. The van der Waals surface area contributed by atoms with Gasteiger partial charge in [-0.25, -0.2) is 8.78 Å². The van der Waals surface area contributed by atoms with Crippen LogP contribution in [0.25, 0.3) is 0 Å². The molecule has 2 atom stereocenters. The first-order chi connectivity index (χ1) is 9.47. The SMILES string of the molecule is O=C(CCSc1ccc(F)c(F)c1)N1C[C@@H](O)[C@@H](O)C1. The van der Waals surface area contributed by atoms with Crippen LogP contribution in [0.3, 0.4) is 0 Å². The van der Waals surface area contributed by atoms with Gasteiger partial charge in [-0.2, -0.15) is 0 Å². The average Bonchev–Trinajstić information content (AvgIpc) is 2.74. The van der Waals surface area contributed by atoms with Crippen molar-refractivity contribution in [3.05, 3.63) is 29.8 Å². The molecule has 1 aromatic carbocycles. The van der Waals surface area contributed by atoms with Crippen LogP contribution < -0.4 is 0 Å². The maximum absolute atomic E-state index is 13.0. The van der Waals surface area contributed by atoms with Crippen molar-refractivity contribution >= 4 is 17.7 Å². The Labute approximate surface area is 119 Å². The Morgan fingerprint density at radius 1 is 1.25 bits per heavy atom. The zero-order valence-corrected chi connectivity index (χ0v) is 11.4. The van der Waals surface area contributed by atoms with Gasteiger partial charge in [0.05, 0.1) is 12.2 Å². The molecule has 2 rings (SSSR count). The molecule has 1 amide bonds. The van der Waals surface area contributed by atoms with E-state index in [4.69, 9.17) is 0 Å². The van der Waals surface area contributed by atoms with Crippen LogP contribution in [0.1, 0.15) is 6.42 Å². The molecule has 1 saturated heterocycles. The summed E-state index contributed by atoms with van der Waals surface area (Å²) in [5, 5.41) is 18.7. The van der Waals surface area contributed by atoms with Crippen LogP contribution in [-0.4, -0.2) is 52.1 Å². The van der Waals surface area contributed by atoms with Gasteiger partial charge in [-0.05, 0) is 18.2 Å². The summed E-state index contributed by atoms with van der Waals surface area (Å²) < 4.78 is 25.7. The third kappa shape index (κ3) is 3.68. The molecule has 0 bridgehead atoms.